The largest absolute Gasteiger partial charge is 0.452 e. The minimum atomic E-state index is -0.547. The molecule has 0 radical (unpaired) electrons. The molecule has 0 bridgehead atoms. The van der Waals surface area contributed by atoms with Crippen molar-refractivity contribution in [3.8, 4) is 0 Å². The Morgan fingerprint density at radius 1 is 1.05 bits per heavy atom. The lowest BCUT2D eigenvalue weighted by Crippen LogP contribution is -2.20. The Bertz CT molecular complexity index is 641. The average Bonchev–Trinajstić information content (AvgIpc) is 2.48. The molecule has 0 aliphatic rings. The van der Waals surface area contributed by atoms with Crippen LogP contribution in [0.4, 0.5) is 5.69 Å². The molecule has 21 heavy (non-hydrogen) atoms. The summed E-state index contributed by atoms with van der Waals surface area (Å²) in [6.45, 7) is -0.350. The molecule has 4 nitrogen and oxygen atoms in total. The standard InChI is InChI=1S/C15H11BrClNO3/c16-11-3-1-10(2-4-11)15(20)21-9-14(19)18-13-7-5-12(17)6-8-13/h1-8H,9H2,(H,18,19). The van der Waals surface area contributed by atoms with Crippen LogP contribution in [0.1, 0.15) is 10.4 Å². The van der Waals surface area contributed by atoms with E-state index in [4.69, 9.17) is 16.3 Å². The maximum absolute atomic E-state index is 11.7. The molecule has 1 amide bonds. The van der Waals surface area contributed by atoms with Crippen LogP contribution >= 0.6 is 27.5 Å². The Kier molecular flexibility index (Phi) is 5.36. The van der Waals surface area contributed by atoms with Crippen molar-refractivity contribution in [2.75, 3.05) is 11.9 Å². The first-order valence-corrected chi connectivity index (χ1v) is 7.20. The van der Waals surface area contributed by atoms with Gasteiger partial charge in [-0.3, -0.25) is 4.79 Å². The first-order chi connectivity index (χ1) is 10.0. The van der Waals surface area contributed by atoms with Crippen molar-refractivity contribution < 1.29 is 14.3 Å². The summed E-state index contributed by atoms with van der Waals surface area (Å²) in [6, 6.07) is 13.3. The molecule has 2 aromatic carbocycles. The highest BCUT2D eigenvalue weighted by molar-refractivity contribution is 9.10. The molecule has 0 unspecified atom stereocenters. The maximum atomic E-state index is 11.7. The van der Waals surface area contributed by atoms with Gasteiger partial charge in [0, 0.05) is 15.2 Å². The molecule has 2 aromatic rings. The first kappa shape index (κ1) is 15.5. The fraction of sp³-hybridized carbons (Fsp3) is 0.0667. The van der Waals surface area contributed by atoms with Crippen LogP contribution in [0.3, 0.4) is 0 Å². The lowest BCUT2D eigenvalue weighted by molar-refractivity contribution is -0.119. The molecule has 108 valence electrons. The number of hydrogen-bond donors (Lipinski definition) is 1. The molecular weight excluding hydrogens is 358 g/mol. The number of esters is 1. The van der Waals surface area contributed by atoms with Crippen molar-refractivity contribution in [3.63, 3.8) is 0 Å². The molecule has 0 heterocycles. The Balaban J connectivity index is 1.84. The van der Waals surface area contributed by atoms with Gasteiger partial charge in [0.05, 0.1) is 5.56 Å². The highest BCUT2D eigenvalue weighted by Crippen LogP contribution is 2.13. The lowest BCUT2D eigenvalue weighted by Gasteiger charge is -2.06. The maximum Gasteiger partial charge on any atom is 0.338 e. The van der Waals surface area contributed by atoms with E-state index in [0.717, 1.165) is 4.47 Å². The monoisotopic (exact) mass is 367 g/mol. The van der Waals surface area contributed by atoms with E-state index in [9.17, 15) is 9.59 Å². The van der Waals surface area contributed by atoms with E-state index in [1.165, 1.54) is 0 Å². The van der Waals surface area contributed by atoms with Crippen LogP contribution in [0.25, 0.3) is 0 Å². The zero-order valence-corrected chi connectivity index (χ0v) is 13.1. The molecule has 1 N–H and O–H groups in total. The van der Waals surface area contributed by atoms with E-state index in [1.807, 2.05) is 0 Å². The number of anilines is 1. The number of nitrogens with one attached hydrogen (secondary N) is 1. The average molecular weight is 369 g/mol. The van der Waals surface area contributed by atoms with Crippen LogP contribution < -0.4 is 5.32 Å². The summed E-state index contributed by atoms with van der Waals surface area (Å²) in [5.74, 6) is -0.962. The Morgan fingerprint density at radius 2 is 1.67 bits per heavy atom. The van der Waals surface area contributed by atoms with Gasteiger partial charge < -0.3 is 10.1 Å². The normalized spacial score (nSPS) is 10.0. The summed E-state index contributed by atoms with van der Waals surface area (Å²) in [5.41, 5.74) is 0.974. The molecule has 0 aliphatic carbocycles. The molecule has 0 spiro atoms. The van der Waals surface area contributed by atoms with E-state index in [0.29, 0.717) is 16.3 Å². The predicted octanol–water partition coefficient (Wildman–Crippen LogP) is 3.90. The van der Waals surface area contributed by atoms with Gasteiger partial charge in [-0.05, 0) is 48.5 Å². The number of amides is 1. The number of carbonyl (C=O) groups is 2. The Morgan fingerprint density at radius 3 is 2.29 bits per heavy atom. The highest BCUT2D eigenvalue weighted by Gasteiger charge is 2.10. The van der Waals surface area contributed by atoms with Crippen molar-refractivity contribution in [1.82, 2.24) is 0 Å². The third kappa shape index (κ3) is 4.88. The van der Waals surface area contributed by atoms with Crippen LogP contribution in [0.2, 0.25) is 5.02 Å². The van der Waals surface area contributed by atoms with E-state index in [-0.39, 0.29) is 6.61 Å². The second kappa shape index (κ2) is 7.24. The van der Waals surface area contributed by atoms with E-state index >= 15 is 0 Å². The zero-order valence-electron chi connectivity index (χ0n) is 10.8. The number of halogens is 2. The summed E-state index contributed by atoms with van der Waals surface area (Å²) in [6.07, 6.45) is 0. The molecule has 0 saturated carbocycles. The summed E-state index contributed by atoms with van der Waals surface area (Å²) < 4.78 is 5.79. The molecular formula is C15H11BrClNO3. The second-order valence-electron chi connectivity index (χ2n) is 4.14. The number of hydrogen-bond acceptors (Lipinski definition) is 3. The van der Waals surface area contributed by atoms with Crippen LogP contribution in [0.5, 0.6) is 0 Å². The molecule has 2 rings (SSSR count). The Labute approximate surface area is 135 Å². The highest BCUT2D eigenvalue weighted by atomic mass is 79.9. The van der Waals surface area contributed by atoms with Gasteiger partial charge >= 0.3 is 5.97 Å². The van der Waals surface area contributed by atoms with E-state index < -0.39 is 11.9 Å². The third-order valence-electron chi connectivity index (χ3n) is 2.54. The second-order valence-corrected chi connectivity index (χ2v) is 5.49. The smallest absolute Gasteiger partial charge is 0.338 e. The Hall–Kier alpha value is -1.85. The van der Waals surface area contributed by atoms with Crippen LogP contribution in [0.15, 0.2) is 53.0 Å². The summed E-state index contributed by atoms with van der Waals surface area (Å²) in [4.78, 5) is 23.4. The number of carbonyl (C=O) groups excluding carboxylic acids is 2. The quantitative estimate of drug-likeness (QED) is 0.833. The van der Waals surface area contributed by atoms with Gasteiger partial charge in [-0.2, -0.15) is 0 Å². The molecule has 0 saturated heterocycles. The van der Waals surface area contributed by atoms with Crippen molar-refractivity contribution >= 4 is 45.1 Å². The van der Waals surface area contributed by atoms with Crippen molar-refractivity contribution in [1.29, 1.82) is 0 Å². The molecule has 0 aliphatic heterocycles. The van der Waals surface area contributed by atoms with Crippen LogP contribution in [-0.4, -0.2) is 18.5 Å². The van der Waals surface area contributed by atoms with E-state index in [1.54, 1.807) is 48.5 Å². The van der Waals surface area contributed by atoms with Crippen molar-refractivity contribution in [2.24, 2.45) is 0 Å². The first-order valence-electron chi connectivity index (χ1n) is 6.03. The molecule has 6 heteroatoms. The molecule has 0 atom stereocenters. The number of benzene rings is 2. The van der Waals surface area contributed by atoms with Gasteiger partial charge in [0.25, 0.3) is 5.91 Å². The van der Waals surface area contributed by atoms with Crippen molar-refractivity contribution in [3.05, 3.63) is 63.6 Å². The lowest BCUT2D eigenvalue weighted by atomic mass is 10.2. The fourth-order valence-electron chi connectivity index (χ4n) is 1.53. The minimum absolute atomic E-state index is 0.350. The summed E-state index contributed by atoms with van der Waals surface area (Å²) >= 11 is 9.02. The van der Waals surface area contributed by atoms with Gasteiger partial charge in [-0.1, -0.05) is 27.5 Å². The summed E-state index contributed by atoms with van der Waals surface area (Å²) in [7, 11) is 0. The molecule has 0 aromatic heterocycles. The number of rotatable bonds is 4. The van der Waals surface area contributed by atoms with Gasteiger partial charge in [-0.15, -0.1) is 0 Å². The van der Waals surface area contributed by atoms with Crippen molar-refractivity contribution in [2.45, 2.75) is 0 Å². The van der Waals surface area contributed by atoms with Gasteiger partial charge in [-0.25, -0.2) is 4.79 Å². The zero-order chi connectivity index (χ0) is 15.2. The SMILES string of the molecule is O=C(COC(=O)c1ccc(Br)cc1)Nc1ccc(Cl)cc1. The van der Waals surface area contributed by atoms with Gasteiger partial charge in [0.2, 0.25) is 0 Å². The molecule has 0 fully saturated rings. The predicted molar refractivity (Wildman–Crippen MR) is 84.5 cm³/mol. The minimum Gasteiger partial charge on any atom is -0.452 e. The number of ether oxygens (including phenoxy) is 1. The van der Waals surface area contributed by atoms with Gasteiger partial charge in [0.1, 0.15) is 0 Å². The summed E-state index contributed by atoms with van der Waals surface area (Å²) in [5, 5.41) is 3.18. The van der Waals surface area contributed by atoms with Crippen LogP contribution in [-0.2, 0) is 9.53 Å². The topological polar surface area (TPSA) is 55.4 Å². The van der Waals surface area contributed by atoms with Crippen LogP contribution in [0, 0.1) is 0 Å². The van der Waals surface area contributed by atoms with Gasteiger partial charge in [0.15, 0.2) is 6.61 Å². The fourth-order valence-corrected chi connectivity index (χ4v) is 1.92. The van der Waals surface area contributed by atoms with E-state index in [2.05, 4.69) is 21.2 Å². The third-order valence-corrected chi connectivity index (χ3v) is 3.32.